The smallest absolute Gasteiger partial charge is 0.258 e. The Morgan fingerprint density at radius 1 is 0.900 bits per heavy atom. The molecule has 0 radical (unpaired) electrons. The highest BCUT2D eigenvalue weighted by Crippen LogP contribution is 2.39. The van der Waals surface area contributed by atoms with Gasteiger partial charge < -0.3 is 0 Å². The maximum atomic E-state index is 14.1. The molecular formula is C16H8FNO2. The van der Waals surface area contributed by atoms with E-state index in [-0.39, 0.29) is 5.69 Å². The Bertz CT molecular complexity index is 978. The standard InChI is InChI=1S/C16H8FNO2/c17-13-8-14(18(19)20)12-7-5-10-3-1-2-9-4-6-11(13)16(12)15(9)10/h1-8H. The summed E-state index contributed by atoms with van der Waals surface area (Å²) >= 11 is 0. The molecule has 4 aromatic rings. The Morgan fingerprint density at radius 2 is 1.55 bits per heavy atom. The molecule has 0 heterocycles. The number of nitro groups is 1. The minimum atomic E-state index is -0.553. The normalized spacial score (nSPS) is 11.7. The van der Waals surface area contributed by atoms with Gasteiger partial charge >= 0.3 is 0 Å². The molecule has 0 N–H and O–H groups in total. The summed E-state index contributed by atoms with van der Waals surface area (Å²) in [4.78, 5) is 10.6. The molecule has 4 aromatic carbocycles. The summed E-state index contributed by atoms with van der Waals surface area (Å²) in [5.74, 6) is -0.553. The van der Waals surface area contributed by atoms with Crippen molar-refractivity contribution in [2.24, 2.45) is 0 Å². The number of non-ortho nitro benzene ring substituents is 1. The predicted octanol–water partition coefficient (Wildman–Crippen LogP) is 4.63. The third-order valence-corrected chi connectivity index (χ3v) is 3.77. The highest BCUT2D eigenvalue weighted by molar-refractivity contribution is 6.24. The molecule has 4 rings (SSSR count). The summed E-state index contributed by atoms with van der Waals surface area (Å²) in [5.41, 5.74) is -0.187. The van der Waals surface area contributed by atoms with Crippen molar-refractivity contribution in [3.05, 3.63) is 64.5 Å². The predicted molar refractivity (Wildman–Crippen MR) is 76.8 cm³/mol. The van der Waals surface area contributed by atoms with Crippen LogP contribution >= 0.6 is 0 Å². The third-order valence-electron chi connectivity index (χ3n) is 3.77. The van der Waals surface area contributed by atoms with Gasteiger partial charge in [-0.2, -0.15) is 0 Å². The topological polar surface area (TPSA) is 43.1 Å². The lowest BCUT2D eigenvalue weighted by molar-refractivity contribution is -0.383. The maximum Gasteiger partial charge on any atom is 0.280 e. The molecule has 0 saturated carbocycles. The van der Waals surface area contributed by atoms with E-state index in [1.165, 1.54) is 0 Å². The van der Waals surface area contributed by atoms with Crippen LogP contribution in [-0.2, 0) is 0 Å². The van der Waals surface area contributed by atoms with Gasteiger partial charge in [-0.1, -0.05) is 36.4 Å². The first-order valence-electron chi connectivity index (χ1n) is 6.17. The van der Waals surface area contributed by atoms with Crippen LogP contribution in [0.15, 0.2) is 48.5 Å². The first-order chi connectivity index (χ1) is 9.66. The number of halogens is 1. The van der Waals surface area contributed by atoms with E-state index in [1.54, 1.807) is 12.1 Å². The summed E-state index contributed by atoms with van der Waals surface area (Å²) < 4.78 is 14.1. The number of benzene rings is 4. The minimum Gasteiger partial charge on any atom is -0.258 e. The number of nitro benzene ring substituents is 1. The molecule has 0 aromatic heterocycles. The molecule has 0 saturated heterocycles. The lowest BCUT2D eigenvalue weighted by atomic mass is 9.93. The molecule has 0 atom stereocenters. The van der Waals surface area contributed by atoms with Gasteiger partial charge in [0.2, 0.25) is 0 Å². The molecule has 0 bridgehead atoms. The van der Waals surface area contributed by atoms with Crippen molar-refractivity contribution in [2.75, 3.05) is 0 Å². The first-order valence-corrected chi connectivity index (χ1v) is 6.17. The van der Waals surface area contributed by atoms with Gasteiger partial charge in [0.25, 0.3) is 5.69 Å². The molecule has 0 aliphatic heterocycles. The second kappa shape index (κ2) is 3.63. The third kappa shape index (κ3) is 1.28. The van der Waals surface area contributed by atoms with E-state index in [1.807, 2.05) is 30.3 Å². The molecule has 0 aliphatic carbocycles. The molecular weight excluding hydrogens is 257 g/mol. The van der Waals surface area contributed by atoms with E-state index < -0.39 is 10.7 Å². The number of nitrogens with zero attached hydrogens (tertiary/aromatic N) is 1. The van der Waals surface area contributed by atoms with Crippen LogP contribution in [0.4, 0.5) is 10.1 Å². The summed E-state index contributed by atoms with van der Waals surface area (Å²) in [7, 11) is 0. The minimum absolute atomic E-state index is 0.187. The highest BCUT2D eigenvalue weighted by atomic mass is 19.1. The SMILES string of the molecule is O=[N+]([O-])c1cc(F)c2ccc3cccc4ccc1c2c34. The van der Waals surface area contributed by atoms with Crippen LogP contribution < -0.4 is 0 Å². The van der Waals surface area contributed by atoms with Gasteiger partial charge in [0.05, 0.1) is 16.4 Å². The van der Waals surface area contributed by atoms with Gasteiger partial charge in [-0.25, -0.2) is 4.39 Å². The van der Waals surface area contributed by atoms with E-state index in [4.69, 9.17) is 0 Å². The number of hydrogen-bond acceptors (Lipinski definition) is 2. The zero-order chi connectivity index (χ0) is 13.9. The van der Waals surface area contributed by atoms with Gasteiger partial charge in [0.1, 0.15) is 5.82 Å². The summed E-state index contributed by atoms with van der Waals surface area (Å²) in [6.07, 6.45) is 0. The van der Waals surface area contributed by atoms with Crippen LogP contribution in [0.1, 0.15) is 0 Å². The average Bonchev–Trinajstić information content (AvgIpc) is 2.46. The van der Waals surface area contributed by atoms with Crippen molar-refractivity contribution in [3.63, 3.8) is 0 Å². The zero-order valence-corrected chi connectivity index (χ0v) is 10.3. The molecule has 0 fully saturated rings. The Hall–Kier alpha value is -2.75. The Morgan fingerprint density at radius 3 is 2.20 bits per heavy atom. The number of hydrogen-bond donors (Lipinski definition) is 0. The van der Waals surface area contributed by atoms with E-state index in [9.17, 15) is 14.5 Å². The molecule has 0 amide bonds. The fourth-order valence-electron chi connectivity index (χ4n) is 2.92. The van der Waals surface area contributed by atoms with E-state index >= 15 is 0 Å². The summed E-state index contributed by atoms with van der Waals surface area (Å²) in [5, 5.41) is 15.5. The molecule has 0 aliphatic rings. The molecule has 4 heteroatoms. The second-order valence-electron chi connectivity index (χ2n) is 4.82. The molecule has 20 heavy (non-hydrogen) atoms. The molecule has 0 unspecified atom stereocenters. The van der Waals surface area contributed by atoms with Gasteiger partial charge in [-0.15, -0.1) is 0 Å². The molecule has 0 spiro atoms. The first kappa shape index (κ1) is 11.1. The zero-order valence-electron chi connectivity index (χ0n) is 10.3. The molecule has 96 valence electrons. The van der Waals surface area contributed by atoms with Crippen molar-refractivity contribution in [2.45, 2.75) is 0 Å². The van der Waals surface area contributed by atoms with E-state index in [0.29, 0.717) is 16.2 Å². The Labute approximate surface area is 112 Å². The van der Waals surface area contributed by atoms with Crippen molar-refractivity contribution in [1.82, 2.24) is 0 Å². The lowest BCUT2D eigenvalue weighted by Gasteiger charge is -2.11. The largest absolute Gasteiger partial charge is 0.280 e. The van der Waals surface area contributed by atoms with Gasteiger partial charge in [0, 0.05) is 10.8 Å². The van der Waals surface area contributed by atoms with Crippen molar-refractivity contribution < 1.29 is 9.31 Å². The van der Waals surface area contributed by atoms with Crippen molar-refractivity contribution in [3.8, 4) is 0 Å². The van der Waals surface area contributed by atoms with Gasteiger partial charge in [0.15, 0.2) is 0 Å². The second-order valence-corrected chi connectivity index (χ2v) is 4.82. The fraction of sp³-hybridized carbons (Fsp3) is 0. The Kier molecular flexibility index (Phi) is 2.02. The van der Waals surface area contributed by atoms with Crippen LogP contribution in [0, 0.1) is 15.9 Å². The van der Waals surface area contributed by atoms with E-state index in [0.717, 1.165) is 22.2 Å². The summed E-state index contributed by atoms with van der Waals surface area (Å²) in [6, 6.07) is 13.9. The van der Waals surface area contributed by atoms with Crippen LogP contribution in [0.2, 0.25) is 0 Å². The van der Waals surface area contributed by atoms with Crippen LogP contribution in [0.3, 0.4) is 0 Å². The Balaban J connectivity index is 2.41. The quantitative estimate of drug-likeness (QED) is 0.286. The average molecular weight is 265 g/mol. The van der Waals surface area contributed by atoms with Gasteiger partial charge in [-0.3, -0.25) is 10.1 Å². The summed E-state index contributed by atoms with van der Waals surface area (Å²) in [6.45, 7) is 0. The van der Waals surface area contributed by atoms with E-state index in [2.05, 4.69) is 0 Å². The van der Waals surface area contributed by atoms with Crippen LogP contribution in [-0.4, -0.2) is 4.92 Å². The monoisotopic (exact) mass is 265 g/mol. The van der Waals surface area contributed by atoms with Crippen LogP contribution in [0.5, 0.6) is 0 Å². The molecule has 3 nitrogen and oxygen atoms in total. The lowest BCUT2D eigenvalue weighted by Crippen LogP contribution is -1.94. The van der Waals surface area contributed by atoms with Gasteiger partial charge in [-0.05, 0) is 22.2 Å². The fourth-order valence-corrected chi connectivity index (χ4v) is 2.92. The number of rotatable bonds is 1. The van der Waals surface area contributed by atoms with Crippen LogP contribution in [0.25, 0.3) is 32.3 Å². The highest BCUT2D eigenvalue weighted by Gasteiger charge is 2.19. The van der Waals surface area contributed by atoms with Crippen molar-refractivity contribution in [1.29, 1.82) is 0 Å². The van der Waals surface area contributed by atoms with Crippen molar-refractivity contribution >= 4 is 38.0 Å². The maximum absolute atomic E-state index is 14.1.